The molecule has 1 aromatic carbocycles. The van der Waals surface area contributed by atoms with Crippen molar-refractivity contribution in [3.63, 3.8) is 0 Å². The van der Waals surface area contributed by atoms with Crippen LogP contribution < -0.4 is 10.6 Å². The van der Waals surface area contributed by atoms with Crippen LogP contribution in [0.1, 0.15) is 20.8 Å². The van der Waals surface area contributed by atoms with E-state index in [1.807, 2.05) is 44.4 Å². The zero-order valence-electron chi connectivity index (χ0n) is 11.7. The molecule has 104 valence electrons. The number of amides is 2. The van der Waals surface area contributed by atoms with E-state index in [-0.39, 0.29) is 17.7 Å². The molecule has 0 aliphatic carbocycles. The highest BCUT2D eigenvalue weighted by Crippen LogP contribution is 2.18. The van der Waals surface area contributed by atoms with E-state index in [9.17, 15) is 9.59 Å². The average Bonchev–Trinajstić information content (AvgIpc) is 2.36. The summed E-state index contributed by atoms with van der Waals surface area (Å²) in [5.41, 5.74) is 0.735. The van der Waals surface area contributed by atoms with Crippen LogP contribution in [0.25, 0.3) is 0 Å². The van der Waals surface area contributed by atoms with Gasteiger partial charge in [0.25, 0.3) is 0 Å². The van der Waals surface area contributed by atoms with Gasteiger partial charge in [0.15, 0.2) is 0 Å². The first-order valence-corrected chi connectivity index (χ1v) is 7.38. The third-order valence-electron chi connectivity index (χ3n) is 2.67. The Hall–Kier alpha value is -1.49. The second-order valence-corrected chi connectivity index (χ2v) is 5.52. The van der Waals surface area contributed by atoms with Crippen molar-refractivity contribution in [1.82, 2.24) is 5.32 Å². The maximum absolute atomic E-state index is 12.1. The number of carbonyl (C=O) groups excluding carboxylic acids is 2. The molecule has 1 rings (SSSR count). The summed E-state index contributed by atoms with van der Waals surface area (Å²) in [6, 6.07) is 7.09. The minimum atomic E-state index is -0.516. The minimum Gasteiger partial charge on any atom is -0.344 e. The first-order chi connectivity index (χ1) is 8.93. The molecule has 0 saturated carbocycles. The molecular weight excluding hydrogens is 260 g/mol. The molecule has 0 spiro atoms. The van der Waals surface area contributed by atoms with Crippen LogP contribution in [-0.4, -0.2) is 24.1 Å². The largest absolute Gasteiger partial charge is 0.344 e. The molecule has 4 nitrogen and oxygen atoms in total. The maximum Gasteiger partial charge on any atom is 0.247 e. The van der Waals surface area contributed by atoms with Gasteiger partial charge >= 0.3 is 0 Å². The van der Waals surface area contributed by atoms with Crippen LogP contribution in [0.2, 0.25) is 0 Å². The Kier molecular flexibility index (Phi) is 5.89. The van der Waals surface area contributed by atoms with Crippen molar-refractivity contribution in [2.45, 2.75) is 31.7 Å². The van der Waals surface area contributed by atoms with E-state index in [1.54, 1.807) is 11.8 Å². The van der Waals surface area contributed by atoms with Gasteiger partial charge in [0, 0.05) is 17.5 Å². The lowest BCUT2D eigenvalue weighted by atomic mass is 10.0. The lowest BCUT2D eigenvalue weighted by molar-refractivity contribution is -0.126. The summed E-state index contributed by atoms with van der Waals surface area (Å²) in [5.74, 6) is -0.358. The lowest BCUT2D eigenvalue weighted by Crippen LogP contribution is -2.46. The van der Waals surface area contributed by atoms with Gasteiger partial charge in [-0.1, -0.05) is 13.8 Å². The van der Waals surface area contributed by atoms with E-state index in [2.05, 4.69) is 10.6 Å². The molecule has 0 heterocycles. The Labute approximate surface area is 118 Å². The van der Waals surface area contributed by atoms with Crippen molar-refractivity contribution in [3.05, 3.63) is 24.3 Å². The zero-order chi connectivity index (χ0) is 14.4. The third-order valence-corrected chi connectivity index (χ3v) is 3.41. The highest BCUT2D eigenvalue weighted by atomic mass is 32.2. The van der Waals surface area contributed by atoms with Crippen LogP contribution in [0, 0.1) is 5.92 Å². The minimum absolute atomic E-state index is 0.0365. The van der Waals surface area contributed by atoms with Crippen LogP contribution in [0.15, 0.2) is 29.2 Å². The number of thioether (sulfide) groups is 1. The normalized spacial score (nSPS) is 12.1. The highest BCUT2D eigenvalue weighted by molar-refractivity contribution is 7.98. The fourth-order valence-electron chi connectivity index (χ4n) is 1.65. The zero-order valence-corrected chi connectivity index (χ0v) is 12.5. The van der Waals surface area contributed by atoms with Gasteiger partial charge in [0.1, 0.15) is 6.04 Å². The number of carbonyl (C=O) groups is 2. The van der Waals surface area contributed by atoms with Crippen LogP contribution >= 0.6 is 11.8 Å². The Morgan fingerprint density at radius 3 is 2.16 bits per heavy atom. The van der Waals surface area contributed by atoms with E-state index >= 15 is 0 Å². The standard InChI is InChI=1S/C14H20N2O2S/c1-9(2)13(15-10(3)17)14(18)16-11-5-7-12(19-4)8-6-11/h5-9,13H,1-4H3,(H,15,17)(H,16,18). The number of anilines is 1. The molecular formula is C14H20N2O2S. The Balaban J connectivity index is 2.72. The summed E-state index contributed by atoms with van der Waals surface area (Å²) in [5, 5.41) is 5.48. The maximum atomic E-state index is 12.1. The van der Waals surface area contributed by atoms with Crippen LogP contribution in [0.3, 0.4) is 0 Å². The first-order valence-electron chi connectivity index (χ1n) is 6.16. The van der Waals surface area contributed by atoms with Crippen molar-refractivity contribution in [3.8, 4) is 0 Å². The van der Waals surface area contributed by atoms with Crippen LogP contribution in [-0.2, 0) is 9.59 Å². The predicted molar refractivity (Wildman–Crippen MR) is 79.3 cm³/mol. The van der Waals surface area contributed by atoms with E-state index in [0.29, 0.717) is 0 Å². The van der Waals surface area contributed by atoms with Crippen molar-refractivity contribution < 1.29 is 9.59 Å². The molecule has 0 bridgehead atoms. The molecule has 0 aliphatic heterocycles. The number of nitrogens with one attached hydrogen (secondary N) is 2. The van der Waals surface area contributed by atoms with Crippen molar-refractivity contribution in [2.24, 2.45) is 5.92 Å². The smallest absolute Gasteiger partial charge is 0.247 e. The van der Waals surface area contributed by atoms with Gasteiger partial charge in [-0.25, -0.2) is 0 Å². The summed E-state index contributed by atoms with van der Waals surface area (Å²) in [7, 11) is 0. The van der Waals surface area contributed by atoms with E-state index < -0.39 is 6.04 Å². The van der Waals surface area contributed by atoms with Crippen LogP contribution in [0.4, 0.5) is 5.69 Å². The summed E-state index contributed by atoms with van der Waals surface area (Å²) in [6.45, 7) is 5.21. The Bertz CT molecular complexity index is 443. The molecule has 0 aromatic heterocycles. The van der Waals surface area contributed by atoms with Gasteiger partial charge in [-0.2, -0.15) is 0 Å². The van der Waals surface area contributed by atoms with Gasteiger partial charge in [-0.3, -0.25) is 9.59 Å². The van der Waals surface area contributed by atoms with Crippen molar-refractivity contribution >= 4 is 29.3 Å². The number of hydrogen-bond donors (Lipinski definition) is 2. The quantitative estimate of drug-likeness (QED) is 0.815. The highest BCUT2D eigenvalue weighted by Gasteiger charge is 2.22. The molecule has 0 saturated heterocycles. The Morgan fingerprint density at radius 1 is 1.16 bits per heavy atom. The van der Waals surface area contributed by atoms with E-state index in [4.69, 9.17) is 0 Å². The topological polar surface area (TPSA) is 58.2 Å². The van der Waals surface area contributed by atoms with E-state index in [0.717, 1.165) is 10.6 Å². The molecule has 19 heavy (non-hydrogen) atoms. The molecule has 1 aromatic rings. The van der Waals surface area contributed by atoms with E-state index in [1.165, 1.54) is 6.92 Å². The summed E-state index contributed by atoms with van der Waals surface area (Å²) in [6.07, 6.45) is 2.00. The molecule has 0 aliphatic rings. The molecule has 1 unspecified atom stereocenters. The van der Waals surface area contributed by atoms with Gasteiger partial charge in [0.05, 0.1) is 0 Å². The third kappa shape index (κ3) is 4.95. The fraction of sp³-hybridized carbons (Fsp3) is 0.429. The Morgan fingerprint density at radius 2 is 1.74 bits per heavy atom. The number of rotatable bonds is 5. The molecule has 0 radical (unpaired) electrons. The van der Waals surface area contributed by atoms with Crippen molar-refractivity contribution in [1.29, 1.82) is 0 Å². The molecule has 2 amide bonds. The van der Waals surface area contributed by atoms with Gasteiger partial charge in [-0.15, -0.1) is 11.8 Å². The lowest BCUT2D eigenvalue weighted by Gasteiger charge is -2.20. The fourth-order valence-corrected chi connectivity index (χ4v) is 2.06. The second kappa shape index (κ2) is 7.19. The molecule has 0 fully saturated rings. The van der Waals surface area contributed by atoms with Crippen molar-refractivity contribution in [2.75, 3.05) is 11.6 Å². The number of benzene rings is 1. The molecule has 1 atom stereocenters. The summed E-state index contributed by atoms with van der Waals surface area (Å²) >= 11 is 1.65. The summed E-state index contributed by atoms with van der Waals surface area (Å²) in [4.78, 5) is 24.4. The molecule has 2 N–H and O–H groups in total. The number of hydrogen-bond acceptors (Lipinski definition) is 3. The van der Waals surface area contributed by atoms with Gasteiger partial charge < -0.3 is 10.6 Å². The second-order valence-electron chi connectivity index (χ2n) is 4.64. The van der Waals surface area contributed by atoms with Gasteiger partial charge in [-0.05, 0) is 36.4 Å². The predicted octanol–water partition coefficient (Wildman–Crippen LogP) is 2.51. The average molecular weight is 280 g/mol. The SMILES string of the molecule is CSc1ccc(NC(=O)C(NC(C)=O)C(C)C)cc1. The first kappa shape index (κ1) is 15.6. The summed E-state index contributed by atoms with van der Waals surface area (Å²) < 4.78 is 0. The molecule has 5 heteroatoms. The van der Waals surface area contributed by atoms with Crippen LogP contribution in [0.5, 0.6) is 0 Å². The monoisotopic (exact) mass is 280 g/mol. The van der Waals surface area contributed by atoms with Gasteiger partial charge in [0.2, 0.25) is 11.8 Å².